The van der Waals surface area contributed by atoms with Crippen LogP contribution >= 0.6 is 0 Å². The van der Waals surface area contributed by atoms with Crippen LogP contribution in [0.25, 0.3) is 11.4 Å². The highest BCUT2D eigenvalue weighted by molar-refractivity contribution is 6.03. The van der Waals surface area contributed by atoms with Crippen LogP contribution in [0.15, 0.2) is 42.7 Å². The van der Waals surface area contributed by atoms with Crippen LogP contribution in [-0.4, -0.2) is 35.3 Å². The van der Waals surface area contributed by atoms with E-state index >= 15 is 0 Å². The Bertz CT molecular complexity index is 892. The molecule has 0 saturated heterocycles. The molecule has 0 atom stereocenters. The van der Waals surface area contributed by atoms with E-state index in [0.29, 0.717) is 33.2 Å². The number of carbonyl (C=O) groups excluding carboxylic acids is 1. The molecule has 0 radical (unpaired) electrons. The summed E-state index contributed by atoms with van der Waals surface area (Å²) >= 11 is 0. The third kappa shape index (κ3) is 3.50. The largest absolute Gasteiger partial charge is 0.619 e. The number of H-pyrrole nitrogens is 1. The van der Waals surface area contributed by atoms with Crippen LogP contribution in [-0.2, 0) is 0 Å². The SMILES string of the molecule is COc1ccc(-c2nc(NC(=O)c3cc[n+]([O-])cc3)n[nH]2)c(OC)c1. The molecule has 0 unspecified atom stereocenters. The number of aromatic amines is 1. The summed E-state index contributed by atoms with van der Waals surface area (Å²) in [6.45, 7) is 0. The Morgan fingerprint density at radius 1 is 1.20 bits per heavy atom. The molecule has 2 N–H and O–H groups in total. The number of hydrogen-bond acceptors (Lipinski definition) is 6. The van der Waals surface area contributed by atoms with Crippen molar-refractivity contribution in [3.8, 4) is 22.9 Å². The lowest BCUT2D eigenvalue weighted by Gasteiger charge is -2.07. The lowest BCUT2D eigenvalue weighted by molar-refractivity contribution is -0.605. The van der Waals surface area contributed by atoms with Crippen molar-refractivity contribution in [3.63, 3.8) is 0 Å². The lowest BCUT2D eigenvalue weighted by Crippen LogP contribution is -2.25. The number of carbonyl (C=O) groups is 1. The van der Waals surface area contributed by atoms with Crippen LogP contribution in [0.2, 0.25) is 0 Å². The number of pyridine rings is 1. The molecule has 0 spiro atoms. The van der Waals surface area contributed by atoms with Crippen LogP contribution in [0, 0.1) is 5.21 Å². The first-order valence-electron chi connectivity index (χ1n) is 7.25. The Kier molecular flexibility index (Phi) is 4.46. The predicted molar refractivity (Wildman–Crippen MR) is 88.3 cm³/mol. The zero-order chi connectivity index (χ0) is 17.8. The van der Waals surface area contributed by atoms with Gasteiger partial charge in [-0.25, -0.2) is 0 Å². The molecule has 2 heterocycles. The van der Waals surface area contributed by atoms with Gasteiger partial charge in [0, 0.05) is 18.2 Å². The fourth-order valence-electron chi connectivity index (χ4n) is 2.17. The zero-order valence-corrected chi connectivity index (χ0v) is 13.5. The van der Waals surface area contributed by atoms with Crippen molar-refractivity contribution in [2.75, 3.05) is 19.5 Å². The third-order valence-corrected chi connectivity index (χ3v) is 3.44. The van der Waals surface area contributed by atoms with Crippen LogP contribution in [0.5, 0.6) is 11.5 Å². The van der Waals surface area contributed by atoms with E-state index in [9.17, 15) is 10.0 Å². The van der Waals surface area contributed by atoms with Crippen molar-refractivity contribution in [1.29, 1.82) is 0 Å². The summed E-state index contributed by atoms with van der Waals surface area (Å²) < 4.78 is 11.1. The van der Waals surface area contributed by atoms with Gasteiger partial charge in [-0.05, 0) is 12.1 Å². The molecular formula is C16H15N5O4. The molecule has 0 fully saturated rings. The minimum atomic E-state index is -0.423. The average Bonchev–Trinajstić information content (AvgIpc) is 3.09. The second-order valence-electron chi connectivity index (χ2n) is 4.97. The average molecular weight is 341 g/mol. The number of aromatic nitrogens is 4. The topological polar surface area (TPSA) is 116 Å². The van der Waals surface area contributed by atoms with Crippen LogP contribution in [0.1, 0.15) is 10.4 Å². The molecular weight excluding hydrogens is 326 g/mol. The van der Waals surface area contributed by atoms with Crippen molar-refractivity contribution in [2.45, 2.75) is 0 Å². The molecule has 3 rings (SSSR count). The van der Waals surface area contributed by atoms with Crippen LogP contribution in [0.3, 0.4) is 0 Å². The Balaban J connectivity index is 1.81. The van der Waals surface area contributed by atoms with Gasteiger partial charge in [-0.3, -0.25) is 15.2 Å². The van der Waals surface area contributed by atoms with Gasteiger partial charge in [0.1, 0.15) is 11.5 Å². The van der Waals surface area contributed by atoms with Gasteiger partial charge >= 0.3 is 0 Å². The molecule has 0 bridgehead atoms. The number of amides is 1. The number of nitrogens with zero attached hydrogens (tertiary/aromatic N) is 3. The molecule has 128 valence electrons. The second kappa shape index (κ2) is 6.87. The molecule has 0 aliphatic heterocycles. The van der Waals surface area contributed by atoms with Crippen LogP contribution in [0.4, 0.5) is 5.95 Å². The number of ether oxygens (including phenoxy) is 2. The highest BCUT2D eigenvalue weighted by atomic mass is 16.5. The van der Waals surface area contributed by atoms with Crippen molar-refractivity contribution >= 4 is 11.9 Å². The minimum Gasteiger partial charge on any atom is -0.619 e. The standard InChI is InChI=1S/C16H15N5O4/c1-24-11-3-4-12(13(9-11)25-2)14-17-16(20-19-14)18-15(22)10-5-7-21(23)8-6-10/h3-9H,1-2H3,(H2,17,18,19,20,22). The summed E-state index contributed by atoms with van der Waals surface area (Å²) in [5.74, 6) is 1.31. The van der Waals surface area contributed by atoms with Gasteiger partial charge in [-0.1, -0.05) is 0 Å². The predicted octanol–water partition coefficient (Wildman–Crippen LogP) is 1.37. The first-order chi connectivity index (χ1) is 12.1. The molecule has 1 amide bonds. The van der Waals surface area contributed by atoms with Gasteiger partial charge < -0.3 is 14.7 Å². The first kappa shape index (κ1) is 16.2. The van der Waals surface area contributed by atoms with E-state index in [-0.39, 0.29) is 5.95 Å². The van der Waals surface area contributed by atoms with E-state index in [1.807, 2.05) is 0 Å². The first-order valence-corrected chi connectivity index (χ1v) is 7.25. The summed E-state index contributed by atoms with van der Waals surface area (Å²) in [6, 6.07) is 8.07. The zero-order valence-electron chi connectivity index (χ0n) is 13.5. The molecule has 0 saturated carbocycles. The van der Waals surface area contributed by atoms with Crippen LogP contribution < -0.4 is 19.5 Å². The molecule has 2 aromatic heterocycles. The molecule has 3 aromatic rings. The van der Waals surface area contributed by atoms with E-state index in [1.54, 1.807) is 25.3 Å². The monoisotopic (exact) mass is 341 g/mol. The van der Waals surface area contributed by atoms with Gasteiger partial charge in [0.15, 0.2) is 18.2 Å². The van der Waals surface area contributed by atoms with Crippen molar-refractivity contribution < 1.29 is 19.0 Å². The number of nitrogens with one attached hydrogen (secondary N) is 2. The molecule has 9 heteroatoms. The normalized spacial score (nSPS) is 10.3. The lowest BCUT2D eigenvalue weighted by atomic mass is 10.2. The number of benzene rings is 1. The fraction of sp³-hybridized carbons (Fsp3) is 0.125. The van der Waals surface area contributed by atoms with Gasteiger partial charge in [-0.2, -0.15) is 9.71 Å². The number of methoxy groups -OCH3 is 2. The Morgan fingerprint density at radius 3 is 2.64 bits per heavy atom. The molecule has 25 heavy (non-hydrogen) atoms. The molecule has 0 aliphatic carbocycles. The highest BCUT2D eigenvalue weighted by Crippen LogP contribution is 2.31. The maximum Gasteiger partial charge on any atom is 0.258 e. The quantitative estimate of drug-likeness (QED) is 0.535. The molecule has 9 nitrogen and oxygen atoms in total. The van der Waals surface area contributed by atoms with Crippen molar-refractivity contribution in [3.05, 3.63) is 53.5 Å². The molecule has 1 aromatic carbocycles. The number of rotatable bonds is 5. The minimum absolute atomic E-state index is 0.108. The van der Waals surface area contributed by atoms with E-state index < -0.39 is 5.91 Å². The van der Waals surface area contributed by atoms with Gasteiger partial charge in [0.2, 0.25) is 5.95 Å². The Labute approximate surface area is 142 Å². The van der Waals surface area contributed by atoms with E-state index in [1.165, 1.54) is 31.6 Å². The second-order valence-corrected chi connectivity index (χ2v) is 4.97. The van der Waals surface area contributed by atoms with E-state index in [0.717, 1.165) is 0 Å². The van der Waals surface area contributed by atoms with Crippen molar-refractivity contribution in [2.24, 2.45) is 0 Å². The van der Waals surface area contributed by atoms with E-state index in [4.69, 9.17) is 9.47 Å². The fourth-order valence-corrected chi connectivity index (χ4v) is 2.17. The Morgan fingerprint density at radius 2 is 1.96 bits per heavy atom. The number of anilines is 1. The smallest absolute Gasteiger partial charge is 0.258 e. The van der Waals surface area contributed by atoms with Crippen molar-refractivity contribution in [1.82, 2.24) is 15.2 Å². The summed E-state index contributed by atoms with van der Waals surface area (Å²) in [5.41, 5.74) is 0.990. The van der Waals surface area contributed by atoms with Gasteiger partial charge in [0.05, 0.1) is 25.3 Å². The maximum atomic E-state index is 12.1. The summed E-state index contributed by atoms with van der Waals surface area (Å²) in [6.07, 6.45) is 2.47. The third-order valence-electron chi connectivity index (χ3n) is 3.44. The molecule has 0 aliphatic rings. The number of hydrogen-bond donors (Lipinski definition) is 2. The maximum absolute atomic E-state index is 12.1. The Hall–Kier alpha value is -3.62. The van der Waals surface area contributed by atoms with Gasteiger partial charge in [0.25, 0.3) is 5.91 Å². The summed E-state index contributed by atoms with van der Waals surface area (Å²) in [7, 11) is 3.10. The summed E-state index contributed by atoms with van der Waals surface area (Å²) in [4.78, 5) is 16.4. The van der Waals surface area contributed by atoms with Gasteiger partial charge in [-0.15, -0.1) is 5.10 Å². The van der Waals surface area contributed by atoms with E-state index in [2.05, 4.69) is 20.5 Å². The summed E-state index contributed by atoms with van der Waals surface area (Å²) in [5, 5.41) is 20.3. The highest BCUT2D eigenvalue weighted by Gasteiger charge is 2.14.